The minimum absolute atomic E-state index is 0. The predicted molar refractivity (Wildman–Crippen MR) is 257 cm³/mol. The van der Waals surface area contributed by atoms with E-state index in [1.54, 1.807) is 11.3 Å². The lowest BCUT2D eigenvalue weighted by atomic mass is 9.99. The summed E-state index contributed by atoms with van der Waals surface area (Å²) < 4.78 is 25.0. The summed E-state index contributed by atoms with van der Waals surface area (Å²) in [6.45, 7) is 12.0. The summed E-state index contributed by atoms with van der Waals surface area (Å²) in [6.07, 6.45) is 1.51. The molecule has 12 nitrogen and oxygen atoms in total. The number of rotatable bonds is 20. The number of aliphatic imine (C=N–C) groups is 1. The number of aryl methyl sites for hydroxylation is 3. The Labute approximate surface area is 389 Å². The average molecular weight is 922 g/mol. The lowest BCUT2D eigenvalue weighted by Crippen LogP contribution is -2.15. The maximum absolute atomic E-state index is 13.6. The first kappa shape index (κ1) is 46.8. The number of hydrogen-bond donors (Lipinski definition) is 1. The van der Waals surface area contributed by atoms with Crippen molar-refractivity contribution >= 4 is 59.5 Å². The highest BCUT2D eigenvalue weighted by molar-refractivity contribution is 7.59. The molecule has 0 fully saturated rings. The monoisotopic (exact) mass is 920 g/mol. The molecular formula is C49H53ClN6O6S2. The highest BCUT2D eigenvalue weighted by Gasteiger charge is 2.32. The number of carbonyl (C=O) groups excluding carboxylic acids is 2. The molecule has 0 unspecified atom stereocenters. The number of anilines is 1. The van der Waals surface area contributed by atoms with Crippen LogP contribution in [0.1, 0.15) is 68.1 Å². The van der Waals surface area contributed by atoms with Crippen molar-refractivity contribution in [1.82, 2.24) is 19.7 Å². The van der Waals surface area contributed by atoms with Crippen molar-refractivity contribution in [2.24, 2.45) is 4.99 Å². The maximum atomic E-state index is 13.6. The lowest BCUT2D eigenvalue weighted by Gasteiger charge is -2.13. The van der Waals surface area contributed by atoms with Crippen molar-refractivity contribution in [1.29, 1.82) is 0 Å². The molecule has 4 heterocycles. The molecule has 15 heteroatoms. The standard InChI is InChI=1S/C49H51ClN6O6S.H2S/c1-30-32(3)63-49-46(30)47(35-9-11-39(50)12-10-35)53-44(48-55-54-33(4)56(48)49)29-40(57)25-34-5-13-42(14-6-34)62-24-23-61-22-21-60-20-19-59-18-17-51-45-16-15-43(31(2)52-45)37-8-7-36-27-41(58)28-38(36)26-37;/h5-16,26,44H,17-25,27-29H2,1-4H3,(H,51,52);1H2/t44-;/m0./s1. The topological polar surface area (TPSA) is 139 Å². The summed E-state index contributed by atoms with van der Waals surface area (Å²) in [7, 11) is 0. The quantitative estimate of drug-likeness (QED) is 0.0741. The van der Waals surface area contributed by atoms with Gasteiger partial charge in [-0.1, -0.05) is 54.1 Å². The summed E-state index contributed by atoms with van der Waals surface area (Å²) in [5.41, 5.74) is 10.2. The minimum Gasteiger partial charge on any atom is -0.491 e. The minimum atomic E-state index is -0.505. The van der Waals surface area contributed by atoms with Crippen LogP contribution in [0.25, 0.3) is 16.1 Å². The highest BCUT2D eigenvalue weighted by Crippen LogP contribution is 2.40. The summed E-state index contributed by atoms with van der Waals surface area (Å²) >= 11 is 7.94. The molecule has 64 heavy (non-hydrogen) atoms. The fourth-order valence-corrected chi connectivity index (χ4v) is 9.29. The fraction of sp³-hybridized carbons (Fsp3) is 0.347. The van der Waals surface area contributed by atoms with Crippen LogP contribution in [0.4, 0.5) is 5.82 Å². The van der Waals surface area contributed by atoms with Crippen molar-refractivity contribution in [2.75, 3.05) is 58.1 Å². The number of Topliss-reactive ketones (excluding diaryl/α,β-unsaturated/α-hetero) is 2. The number of pyridine rings is 1. The number of hydrogen-bond acceptors (Lipinski definition) is 12. The molecule has 1 aliphatic carbocycles. The second-order valence-corrected chi connectivity index (χ2v) is 17.4. The van der Waals surface area contributed by atoms with Crippen molar-refractivity contribution in [3.8, 4) is 21.9 Å². The average Bonchev–Trinajstić information content (AvgIpc) is 3.91. The predicted octanol–water partition coefficient (Wildman–Crippen LogP) is 8.69. The van der Waals surface area contributed by atoms with Crippen molar-refractivity contribution < 1.29 is 28.5 Å². The molecule has 334 valence electrons. The number of halogens is 1. The largest absolute Gasteiger partial charge is 0.491 e. The van der Waals surface area contributed by atoms with Gasteiger partial charge >= 0.3 is 0 Å². The van der Waals surface area contributed by atoms with Gasteiger partial charge in [-0.05, 0) is 91.9 Å². The molecule has 0 saturated carbocycles. The lowest BCUT2D eigenvalue weighted by molar-refractivity contribution is -0.119. The SMILES string of the molecule is Cc1nc(NCCOCCOCCOCCOc2ccc(CC(=O)C[C@@H]3N=C(c4ccc(Cl)cc4)c4c(sc(C)c4C)-n4c(C)nnc43)cc2)ccc1-c1ccc2c(c1)CC(=O)C2.S. The third-order valence-corrected chi connectivity index (χ3v) is 12.7. The number of ketones is 2. The van der Waals surface area contributed by atoms with Crippen molar-refractivity contribution in [2.45, 2.75) is 59.4 Å². The Kier molecular flexibility index (Phi) is 15.8. The van der Waals surface area contributed by atoms with Crippen LogP contribution in [0.3, 0.4) is 0 Å². The Morgan fingerprint density at radius 2 is 1.50 bits per heavy atom. The van der Waals surface area contributed by atoms with Gasteiger partial charge in [0.25, 0.3) is 0 Å². The summed E-state index contributed by atoms with van der Waals surface area (Å²) in [5, 5.41) is 13.9. The molecule has 0 radical (unpaired) electrons. The van der Waals surface area contributed by atoms with Crippen LogP contribution in [0.2, 0.25) is 5.02 Å². The number of benzene rings is 3. The van der Waals surface area contributed by atoms with Gasteiger partial charge in [-0.2, -0.15) is 13.5 Å². The van der Waals surface area contributed by atoms with Crippen LogP contribution in [0.5, 0.6) is 5.75 Å². The number of nitrogens with one attached hydrogen (secondary N) is 1. The Morgan fingerprint density at radius 1 is 0.812 bits per heavy atom. The Bertz CT molecular complexity index is 2630. The zero-order valence-electron chi connectivity index (χ0n) is 36.5. The van der Waals surface area contributed by atoms with E-state index in [-0.39, 0.29) is 37.9 Å². The van der Waals surface area contributed by atoms with Crippen LogP contribution in [-0.2, 0) is 43.1 Å². The van der Waals surface area contributed by atoms with E-state index in [9.17, 15) is 9.59 Å². The second kappa shape index (κ2) is 21.6. The zero-order chi connectivity index (χ0) is 43.9. The molecule has 8 rings (SSSR count). The molecule has 3 aromatic carbocycles. The van der Waals surface area contributed by atoms with Gasteiger partial charge in [-0.15, -0.1) is 21.5 Å². The van der Waals surface area contributed by atoms with E-state index < -0.39 is 6.04 Å². The second-order valence-electron chi connectivity index (χ2n) is 15.8. The first-order valence-corrected chi connectivity index (χ1v) is 22.5. The molecule has 0 spiro atoms. The number of nitrogens with zero attached hydrogens (tertiary/aromatic N) is 5. The zero-order valence-corrected chi connectivity index (χ0v) is 39.1. The third-order valence-electron chi connectivity index (χ3n) is 11.3. The Morgan fingerprint density at radius 3 is 2.23 bits per heavy atom. The maximum Gasteiger partial charge on any atom is 0.163 e. The van der Waals surface area contributed by atoms with Crippen LogP contribution in [0.15, 0.2) is 83.9 Å². The van der Waals surface area contributed by atoms with Crippen LogP contribution >= 0.6 is 36.4 Å². The van der Waals surface area contributed by atoms with E-state index in [1.807, 2.05) is 68.4 Å². The van der Waals surface area contributed by atoms with E-state index in [0.29, 0.717) is 82.2 Å². The van der Waals surface area contributed by atoms with Gasteiger partial charge in [0.2, 0.25) is 0 Å². The number of carbonyl (C=O) groups is 2. The number of thiophene rings is 1. The fourth-order valence-electron chi connectivity index (χ4n) is 7.95. The molecular weight excluding hydrogens is 868 g/mol. The van der Waals surface area contributed by atoms with Gasteiger partial charge in [0.15, 0.2) is 5.82 Å². The third kappa shape index (κ3) is 11.2. The van der Waals surface area contributed by atoms with E-state index in [2.05, 4.69) is 58.2 Å². The van der Waals surface area contributed by atoms with Crippen LogP contribution < -0.4 is 10.1 Å². The van der Waals surface area contributed by atoms with Crippen LogP contribution in [0, 0.1) is 27.7 Å². The van der Waals surface area contributed by atoms with Crippen molar-refractivity contribution in [3.05, 3.63) is 139 Å². The van der Waals surface area contributed by atoms with Gasteiger partial charge < -0.3 is 24.3 Å². The molecule has 1 N–H and O–H groups in total. The molecule has 0 amide bonds. The molecule has 2 aliphatic rings. The van der Waals surface area contributed by atoms with Gasteiger partial charge in [0, 0.05) is 64.5 Å². The molecule has 1 aliphatic heterocycles. The number of fused-ring (bicyclic) bond motifs is 4. The molecule has 3 aromatic heterocycles. The Hall–Kier alpha value is -5.22. The number of aromatic nitrogens is 4. The van der Waals surface area contributed by atoms with Gasteiger partial charge in [-0.3, -0.25) is 19.1 Å². The van der Waals surface area contributed by atoms with E-state index in [1.165, 1.54) is 4.88 Å². The molecule has 0 bridgehead atoms. The van der Waals surface area contributed by atoms with Crippen LogP contribution in [-0.4, -0.2) is 89.8 Å². The van der Waals surface area contributed by atoms with E-state index >= 15 is 0 Å². The summed E-state index contributed by atoms with van der Waals surface area (Å²) in [6, 6.07) is 25.1. The first-order valence-electron chi connectivity index (χ1n) is 21.3. The van der Waals surface area contributed by atoms with E-state index in [4.69, 9.17) is 40.5 Å². The summed E-state index contributed by atoms with van der Waals surface area (Å²) in [4.78, 5) is 36.6. The van der Waals surface area contributed by atoms with Crippen molar-refractivity contribution in [3.63, 3.8) is 0 Å². The highest BCUT2D eigenvalue weighted by atomic mass is 35.5. The normalized spacial score (nSPS) is 14.0. The van der Waals surface area contributed by atoms with Gasteiger partial charge in [0.05, 0.1) is 45.4 Å². The van der Waals surface area contributed by atoms with Gasteiger partial charge in [0.1, 0.15) is 46.6 Å². The first-order chi connectivity index (χ1) is 30.6. The Balaban J connectivity index is 0.00000612. The van der Waals surface area contributed by atoms with Gasteiger partial charge in [-0.25, -0.2) is 4.98 Å². The molecule has 0 saturated heterocycles. The number of ether oxygens (including phenoxy) is 4. The smallest absolute Gasteiger partial charge is 0.163 e. The van der Waals surface area contributed by atoms with E-state index in [0.717, 1.165) is 72.6 Å². The summed E-state index contributed by atoms with van der Waals surface area (Å²) in [5.74, 6) is 3.26. The molecule has 6 aromatic rings. The molecule has 1 atom stereocenters.